The number of para-hydroxylation sites is 1. The van der Waals surface area contributed by atoms with Crippen LogP contribution in [0.3, 0.4) is 0 Å². The van der Waals surface area contributed by atoms with E-state index >= 15 is 0 Å². The smallest absolute Gasteiger partial charge is 0.0781 e. The number of rotatable bonds is 4. The minimum atomic E-state index is -0.487. The summed E-state index contributed by atoms with van der Waals surface area (Å²) in [5, 5.41) is 15.6. The molecule has 2 N–H and O–H groups in total. The summed E-state index contributed by atoms with van der Waals surface area (Å²) in [6, 6.07) is 16.1. The third-order valence-electron chi connectivity index (χ3n) is 3.63. The fourth-order valence-electron chi connectivity index (χ4n) is 2.53. The zero-order valence-electron chi connectivity index (χ0n) is 12.0. The molecule has 1 aromatic heterocycles. The molecule has 0 amide bonds. The van der Waals surface area contributed by atoms with E-state index in [2.05, 4.69) is 22.4 Å². The summed E-state index contributed by atoms with van der Waals surface area (Å²) in [5.41, 5.74) is 3.01. The van der Waals surface area contributed by atoms with E-state index in [4.69, 9.17) is 0 Å². The van der Waals surface area contributed by atoms with Crippen molar-refractivity contribution >= 4 is 16.5 Å². The second-order valence-corrected chi connectivity index (χ2v) is 5.14. The maximum Gasteiger partial charge on any atom is 0.0781 e. The molecule has 1 heterocycles. The van der Waals surface area contributed by atoms with Gasteiger partial charge in [-0.1, -0.05) is 42.5 Å². The molecule has 3 rings (SSSR count). The fourth-order valence-corrected chi connectivity index (χ4v) is 2.53. The van der Waals surface area contributed by atoms with Crippen LogP contribution in [0.2, 0.25) is 0 Å². The van der Waals surface area contributed by atoms with Crippen molar-refractivity contribution in [1.29, 1.82) is 0 Å². The third kappa shape index (κ3) is 2.88. The number of fused-ring (bicyclic) bond motifs is 1. The van der Waals surface area contributed by atoms with Gasteiger partial charge in [0.25, 0.3) is 0 Å². The van der Waals surface area contributed by atoms with E-state index in [1.54, 1.807) is 6.92 Å². The van der Waals surface area contributed by atoms with Crippen LogP contribution in [0, 0.1) is 0 Å². The van der Waals surface area contributed by atoms with Crippen LogP contribution in [0.5, 0.6) is 0 Å². The molecule has 0 fully saturated rings. The summed E-state index contributed by atoms with van der Waals surface area (Å²) >= 11 is 0. The predicted molar refractivity (Wildman–Crippen MR) is 86.1 cm³/mol. The molecule has 21 heavy (non-hydrogen) atoms. The number of hydrogen-bond donors (Lipinski definition) is 2. The molecular weight excluding hydrogens is 260 g/mol. The molecule has 0 saturated carbocycles. The average molecular weight is 278 g/mol. The Morgan fingerprint density at radius 1 is 1.05 bits per heavy atom. The van der Waals surface area contributed by atoms with Gasteiger partial charge in [0.2, 0.25) is 0 Å². The van der Waals surface area contributed by atoms with Gasteiger partial charge in [-0.25, -0.2) is 0 Å². The highest BCUT2D eigenvalue weighted by Gasteiger charge is 2.07. The van der Waals surface area contributed by atoms with E-state index in [9.17, 15) is 5.11 Å². The van der Waals surface area contributed by atoms with Crippen LogP contribution in [-0.2, 0) is 6.54 Å². The van der Waals surface area contributed by atoms with Crippen molar-refractivity contribution < 1.29 is 5.11 Å². The molecule has 0 bridgehead atoms. The van der Waals surface area contributed by atoms with Gasteiger partial charge in [-0.15, -0.1) is 0 Å². The Hall–Kier alpha value is -2.39. The number of pyridine rings is 1. The largest absolute Gasteiger partial charge is 0.389 e. The summed E-state index contributed by atoms with van der Waals surface area (Å²) in [5.74, 6) is 0. The lowest BCUT2D eigenvalue weighted by Crippen LogP contribution is -2.05. The Kier molecular flexibility index (Phi) is 3.84. The molecule has 0 spiro atoms. The second kappa shape index (κ2) is 5.94. The van der Waals surface area contributed by atoms with Crippen molar-refractivity contribution in [3.63, 3.8) is 0 Å². The Bertz CT molecular complexity index is 748. The minimum Gasteiger partial charge on any atom is -0.389 e. The van der Waals surface area contributed by atoms with Gasteiger partial charge in [-0.05, 0) is 23.9 Å². The standard InChI is InChI=1S/C18H18N2O/c1-13(21)16-7-4-5-9-18(16)20-12-15-11-19-10-14-6-2-3-8-17(14)15/h2-11,13,20-21H,12H2,1H3. The SMILES string of the molecule is CC(O)c1ccccc1NCc1cncc2ccccc12. The van der Waals surface area contributed by atoms with Crippen molar-refractivity contribution in [1.82, 2.24) is 4.98 Å². The quantitative estimate of drug-likeness (QED) is 0.760. The van der Waals surface area contributed by atoms with E-state index in [-0.39, 0.29) is 0 Å². The number of nitrogens with one attached hydrogen (secondary N) is 1. The van der Waals surface area contributed by atoms with Crippen LogP contribution >= 0.6 is 0 Å². The van der Waals surface area contributed by atoms with Crippen LogP contribution in [0.25, 0.3) is 10.8 Å². The first-order chi connectivity index (χ1) is 10.3. The number of aromatic nitrogens is 1. The van der Waals surface area contributed by atoms with Crippen LogP contribution < -0.4 is 5.32 Å². The summed E-state index contributed by atoms with van der Waals surface area (Å²) in [6.07, 6.45) is 3.28. The molecule has 1 unspecified atom stereocenters. The first kappa shape index (κ1) is 13.6. The van der Waals surface area contributed by atoms with Crippen molar-refractivity contribution in [2.75, 3.05) is 5.32 Å². The number of anilines is 1. The Labute approximate surface area is 124 Å². The summed E-state index contributed by atoms with van der Waals surface area (Å²) in [6.45, 7) is 2.46. The maximum absolute atomic E-state index is 9.82. The van der Waals surface area contributed by atoms with E-state index in [0.29, 0.717) is 6.54 Å². The van der Waals surface area contributed by atoms with Gasteiger partial charge in [0.15, 0.2) is 0 Å². The number of aliphatic hydroxyl groups excluding tert-OH is 1. The predicted octanol–water partition coefficient (Wildman–Crippen LogP) is 3.90. The molecule has 1 atom stereocenters. The highest BCUT2D eigenvalue weighted by Crippen LogP contribution is 2.24. The molecule has 3 aromatic rings. The van der Waals surface area contributed by atoms with Crippen LogP contribution in [0.1, 0.15) is 24.2 Å². The van der Waals surface area contributed by atoms with Crippen molar-refractivity contribution in [3.05, 3.63) is 72.1 Å². The van der Waals surface area contributed by atoms with Gasteiger partial charge in [0, 0.05) is 35.6 Å². The molecule has 2 aromatic carbocycles. The maximum atomic E-state index is 9.82. The van der Waals surface area contributed by atoms with E-state index < -0.39 is 6.10 Å². The van der Waals surface area contributed by atoms with Gasteiger partial charge < -0.3 is 10.4 Å². The molecule has 0 saturated heterocycles. The number of benzene rings is 2. The summed E-state index contributed by atoms with van der Waals surface area (Å²) < 4.78 is 0. The highest BCUT2D eigenvalue weighted by atomic mass is 16.3. The molecule has 0 aliphatic heterocycles. The van der Waals surface area contributed by atoms with Crippen LogP contribution in [0.15, 0.2) is 60.9 Å². The van der Waals surface area contributed by atoms with Gasteiger partial charge >= 0.3 is 0 Å². The fraction of sp³-hybridized carbons (Fsp3) is 0.167. The Balaban J connectivity index is 1.87. The highest BCUT2D eigenvalue weighted by molar-refractivity contribution is 5.84. The number of nitrogens with zero attached hydrogens (tertiary/aromatic N) is 1. The lowest BCUT2D eigenvalue weighted by molar-refractivity contribution is 0.200. The number of aliphatic hydroxyl groups is 1. The van der Waals surface area contributed by atoms with Crippen LogP contribution in [0.4, 0.5) is 5.69 Å². The monoisotopic (exact) mass is 278 g/mol. The molecule has 3 heteroatoms. The topological polar surface area (TPSA) is 45.1 Å². The van der Waals surface area contributed by atoms with Crippen molar-refractivity contribution in [2.45, 2.75) is 19.6 Å². The molecule has 3 nitrogen and oxygen atoms in total. The lowest BCUT2D eigenvalue weighted by Gasteiger charge is -2.14. The van der Waals surface area contributed by atoms with Gasteiger partial charge in [-0.3, -0.25) is 4.98 Å². The normalized spacial score (nSPS) is 12.3. The van der Waals surface area contributed by atoms with Gasteiger partial charge in [0.1, 0.15) is 0 Å². The molecule has 0 radical (unpaired) electrons. The van der Waals surface area contributed by atoms with Crippen molar-refractivity contribution in [3.8, 4) is 0 Å². The third-order valence-corrected chi connectivity index (χ3v) is 3.63. The van der Waals surface area contributed by atoms with E-state index in [1.807, 2.05) is 48.8 Å². The first-order valence-corrected chi connectivity index (χ1v) is 7.08. The van der Waals surface area contributed by atoms with E-state index in [0.717, 1.165) is 22.2 Å². The van der Waals surface area contributed by atoms with Gasteiger partial charge in [-0.2, -0.15) is 0 Å². The van der Waals surface area contributed by atoms with E-state index in [1.165, 1.54) is 5.39 Å². The van der Waals surface area contributed by atoms with Crippen LogP contribution in [-0.4, -0.2) is 10.1 Å². The molecule has 106 valence electrons. The average Bonchev–Trinajstić information content (AvgIpc) is 2.53. The number of hydrogen-bond acceptors (Lipinski definition) is 3. The minimum absolute atomic E-state index is 0.487. The van der Waals surface area contributed by atoms with Crippen molar-refractivity contribution in [2.24, 2.45) is 0 Å². The molecular formula is C18H18N2O. The molecule has 0 aliphatic carbocycles. The van der Waals surface area contributed by atoms with Gasteiger partial charge in [0.05, 0.1) is 6.10 Å². The summed E-state index contributed by atoms with van der Waals surface area (Å²) in [4.78, 5) is 4.29. The zero-order chi connectivity index (χ0) is 14.7. The first-order valence-electron chi connectivity index (χ1n) is 7.08. The second-order valence-electron chi connectivity index (χ2n) is 5.14. The zero-order valence-corrected chi connectivity index (χ0v) is 12.0. The summed E-state index contributed by atoms with van der Waals surface area (Å²) in [7, 11) is 0. The lowest BCUT2D eigenvalue weighted by atomic mass is 10.1. The molecule has 0 aliphatic rings. The Morgan fingerprint density at radius 3 is 2.67 bits per heavy atom. The Morgan fingerprint density at radius 2 is 1.81 bits per heavy atom.